The molecule has 2 fully saturated rings. The molecule has 0 aliphatic heterocycles. The van der Waals surface area contributed by atoms with Crippen LogP contribution in [0.1, 0.15) is 43.3 Å². The lowest BCUT2D eigenvalue weighted by atomic mass is 9.80. The van der Waals surface area contributed by atoms with Crippen LogP contribution in [0.2, 0.25) is 0 Å². The molecule has 0 amide bonds. The van der Waals surface area contributed by atoms with Crippen LogP contribution in [-0.2, 0) is 0 Å². The average Bonchev–Trinajstić information content (AvgIpc) is 3.19. The molecule has 3 nitrogen and oxygen atoms in total. The predicted octanol–water partition coefficient (Wildman–Crippen LogP) is 3.48. The molecule has 0 radical (unpaired) electrons. The summed E-state index contributed by atoms with van der Waals surface area (Å²) in [5.41, 5.74) is 8.44. The molecule has 1 aromatic carbocycles. The molecule has 2 N–H and O–H groups in total. The fourth-order valence-electron chi connectivity index (χ4n) is 3.25. The Bertz CT molecular complexity index is 654. The van der Waals surface area contributed by atoms with Gasteiger partial charge in [0.1, 0.15) is 5.82 Å². The van der Waals surface area contributed by atoms with Gasteiger partial charge in [-0.25, -0.2) is 4.39 Å². The fourth-order valence-corrected chi connectivity index (χ4v) is 3.25. The third kappa shape index (κ3) is 2.27. The maximum atomic E-state index is 14.1. The summed E-state index contributed by atoms with van der Waals surface area (Å²) < 4.78 is 16.2. The number of benzene rings is 1. The molecule has 1 heterocycles. The molecular formula is C17H20FN3. The summed E-state index contributed by atoms with van der Waals surface area (Å²) in [4.78, 5) is 0. The Morgan fingerprint density at radius 3 is 2.62 bits per heavy atom. The van der Waals surface area contributed by atoms with Crippen molar-refractivity contribution in [3.05, 3.63) is 42.0 Å². The third-order valence-electron chi connectivity index (χ3n) is 4.81. The first-order valence-corrected chi connectivity index (χ1v) is 7.80. The van der Waals surface area contributed by atoms with Gasteiger partial charge in [-0.05, 0) is 44.2 Å². The first-order valence-electron chi connectivity index (χ1n) is 7.80. The average molecular weight is 285 g/mol. The Balaban J connectivity index is 1.70. The van der Waals surface area contributed by atoms with E-state index in [2.05, 4.69) is 4.68 Å². The van der Waals surface area contributed by atoms with Gasteiger partial charge in [0.15, 0.2) is 0 Å². The van der Waals surface area contributed by atoms with Gasteiger partial charge in [0, 0.05) is 23.2 Å². The molecule has 0 saturated heterocycles. The largest absolute Gasteiger partial charge is 0.330 e. The molecule has 21 heavy (non-hydrogen) atoms. The molecular weight excluding hydrogens is 265 g/mol. The zero-order valence-corrected chi connectivity index (χ0v) is 12.0. The Labute approximate surface area is 124 Å². The van der Waals surface area contributed by atoms with Crippen LogP contribution in [-0.4, -0.2) is 16.3 Å². The van der Waals surface area contributed by atoms with Crippen LogP contribution in [0.5, 0.6) is 0 Å². The molecule has 0 bridgehead atoms. The normalized spacial score (nSPS) is 24.9. The summed E-state index contributed by atoms with van der Waals surface area (Å²) >= 11 is 0. The smallest absolute Gasteiger partial charge is 0.131 e. The van der Waals surface area contributed by atoms with Crippen molar-refractivity contribution in [2.45, 2.75) is 37.6 Å². The standard InChI is InChI=1S/C17H20FN3/c18-16-4-2-1-3-14(16)15-10-21(13-7-11(8-13)9-19)20-17(15)12-5-6-12/h1-4,10-13H,5-9,19H2. The monoisotopic (exact) mass is 285 g/mol. The number of hydrogen-bond acceptors (Lipinski definition) is 2. The highest BCUT2D eigenvalue weighted by molar-refractivity contribution is 5.67. The number of aromatic nitrogens is 2. The van der Waals surface area contributed by atoms with Gasteiger partial charge in [0.05, 0.1) is 11.7 Å². The molecule has 2 aromatic rings. The van der Waals surface area contributed by atoms with E-state index in [9.17, 15) is 4.39 Å². The van der Waals surface area contributed by atoms with Crippen molar-refractivity contribution in [3.63, 3.8) is 0 Å². The Hall–Kier alpha value is -1.68. The maximum Gasteiger partial charge on any atom is 0.131 e. The lowest BCUT2D eigenvalue weighted by molar-refractivity contribution is 0.189. The number of nitrogens with two attached hydrogens (primary N) is 1. The van der Waals surface area contributed by atoms with Crippen LogP contribution in [0.4, 0.5) is 4.39 Å². The predicted molar refractivity (Wildman–Crippen MR) is 80.4 cm³/mol. The van der Waals surface area contributed by atoms with Crippen LogP contribution >= 0.6 is 0 Å². The van der Waals surface area contributed by atoms with Crippen LogP contribution in [0.15, 0.2) is 30.5 Å². The van der Waals surface area contributed by atoms with Gasteiger partial charge < -0.3 is 5.73 Å². The van der Waals surface area contributed by atoms with E-state index < -0.39 is 0 Å². The summed E-state index contributed by atoms with van der Waals surface area (Å²) in [6.07, 6.45) is 6.59. The van der Waals surface area contributed by atoms with E-state index >= 15 is 0 Å². The quantitative estimate of drug-likeness (QED) is 0.934. The van der Waals surface area contributed by atoms with Crippen molar-refractivity contribution in [3.8, 4) is 11.1 Å². The molecule has 0 unspecified atom stereocenters. The Morgan fingerprint density at radius 1 is 1.19 bits per heavy atom. The lowest BCUT2D eigenvalue weighted by Crippen LogP contribution is -2.32. The zero-order chi connectivity index (χ0) is 14.4. The van der Waals surface area contributed by atoms with Crippen molar-refractivity contribution in [1.29, 1.82) is 0 Å². The summed E-state index contributed by atoms with van der Waals surface area (Å²) in [6.45, 7) is 0.757. The van der Waals surface area contributed by atoms with E-state index in [1.165, 1.54) is 18.9 Å². The molecule has 2 saturated carbocycles. The van der Waals surface area contributed by atoms with E-state index in [1.54, 1.807) is 6.07 Å². The van der Waals surface area contributed by atoms with Crippen LogP contribution < -0.4 is 5.73 Å². The number of nitrogens with zero attached hydrogens (tertiary/aromatic N) is 2. The Morgan fingerprint density at radius 2 is 1.95 bits per heavy atom. The minimum atomic E-state index is -0.160. The maximum absolute atomic E-state index is 14.1. The fraction of sp³-hybridized carbons (Fsp3) is 0.471. The zero-order valence-electron chi connectivity index (χ0n) is 12.0. The van der Waals surface area contributed by atoms with Gasteiger partial charge in [-0.3, -0.25) is 4.68 Å². The van der Waals surface area contributed by atoms with Crippen molar-refractivity contribution in [1.82, 2.24) is 9.78 Å². The summed E-state index contributed by atoms with van der Waals surface area (Å²) in [7, 11) is 0. The SMILES string of the molecule is NCC1CC(n2cc(-c3ccccc3F)c(C3CC3)n2)C1. The molecule has 0 spiro atoms. The van der Waals surface area contributed by atoms with E-state index in [4.69, 9.17) is 10.8 Å². The molecule has 1 aromatic heterocycles. The van der Waals surface area contributed by atoms with Crippen LogP contribution in [0, 0.1) is 11.7 Å². The Kier molecular flexibility index (Phi) is 3.07. The van der Waals surface area contributed by atoms with Gasteiger partial charge >= 0.3 is 0 Å². The van der Waals surface area contributed by atoms with Crippen LogP contribution in [0.25, 0.3) is 11.1 Å². The van der Waals surface area contributed by atoms with Crippen LogP contribution in [0.3, 0.4) is 0 Å². The van der Waals surface area contributed by atoms with Crippen molar-refractivity contribution < 1.29 is 4.39 Å². The second-order valence-electron chi connectivity index (χ2n) is 6.39. The number of halogens is 1. The van der Waals surface area contributed by atoms with Gasteiger partial charge in [0.25, 0.3) is 0 Å². The molecule has 2 aliphatic rings. The molecule has 2 aliphatic carbocycles. The topological polar surface area (TPSA) is 43.8 Å². The third-order valence-corrected chi connectivity index (χ3v) is 4.81. The molecule has 4 rings (SSSR count). The van der Waals surface area contributed by atoms with E-state index in [-0.39, 0.29) is 5.82 Å². The molecule has 110 valence electrons. The highest BCUT2D eigenvalue weighted by atomic mass is 19.1. The van der Waals surface area contributed by atoms with Gasteiger partial charge in [-0.1, -0.05) is 18.2 Å². The summed E-state index contributed by atoms with van der Waals surface area (Å²) in [5.74, 6) is 0.985. The van der Waals surface area contributed by atoms with E-state index in [0.717, 1.165) is 30.6 Å². The van der Waals surface area contributed by atoms with Crippen molar-refractivity contribution in [2.24, 2.45) is 11.7 Å². The number of rotatable bonds is 4. The number of hydrogen-bond donors (Lipinski definition) is 1. The van der Waals surface area contributed by atoms with Crippen molar-refractivity contribution >= 4 is 0 Å². The second kappa shape index (κ2) is 4.95. The summed E-state index contributed by atoms with van der Waals surface area (Å²) in [6, 6.07) is 7.44. The minimum absolute atomic E-state index is 0.160. The van der Waals surface area contributed by atoms with Crippen molar-refractivity contribution in [2.75, 3.05) is 6.54 Å². The van der Waals surface area contributed by atoms with E-state index in [1.807, 2.05) is 18.3 Å². The van der Waals surface area contributed by atoms with Gasteiger partial charge in [0.2, 0.25) is 0 Å². The highest BCUT2D eigenvalue weighted by Crippen LogP contribution is 2.45. The lowest BCUT2D eigenvalue weighted by Gasteiger charge is -2.34. The summed E-state index contributed by atoms with van der Waals surface area (Å²) in [5, 5.41) is 4.79. The molecule has 4 heteroatoms. The molecule has 0 atom stereocenters. The minimum Gasteiger partial charge on any atom is -0.330 e. The van der Waals surface area contributed by atoms with Gasteiger partial charge in [-0.2, -0.15) is 5.10 Å². The first kappa shape index (κ1) is 13.0. The second-order valence-corrected chi connectivity index (χ2v) is 6.39. The van der Waals surface area contributed by atoms with Gasteiger partial charge in [-0.15, -0.1) is 0 Å². The first-order chi connectivity index (χ1) is 10.3. The van der Waals surface area contributed by atoms with E-state index in [0.29, 0.717) is 23.4 Å². The highest BCUT2D eigenvalue weighted by Gasteiger charge is 2.34.